The maximum atomic E-state index is 11.0. The van der Waals surface area contributed by atoms with E-state index in [2.05, 4.69) is 39.8 Å². The monoisotopic (exact) mass is 378 g/mol. The zero-order valence-electron chi connectivity index (χ0n) is 18.4. The van der Waals surface area contributed by atoms with E-state index in [4.69, 9.17) is 14.2 Å². The molecule has 4 nitrogen and oxygen atoms in total. The zero-order valence-corrected chi connectivity index (χ0v) is 18.4. The lowest BCUT2D eigenvalue weighted by atomic mass is 9.61. The van der Waals surface area contributed by atoms with Crippen LogP contribution in [0, 0.1) is 12.8 Å². The third-order valence-corrected chi connectivity index (χ3v) is 6.31. The highest BCUT2D eigenvalue weighted by Crippen LogP contribution is 2.50. The summed E-state index contributed by atoms with van der Waals surface area (Å²) in [7, 11) is 0. The molecule has 1 aliphatic carbocycles. The van der Waals surface area contributed by atoms with E-state index in [1.165, 1.54) is 11.1 Å². The van der Waals surface area contributed by atoms with Gasteiger partial charge in [-0.2, -0.15) is 0 Å². The Morgan fingerprint density at radius 2 is 1.56 bits per heavy atom. The number of aryl methyl sites for hydroxylation is 1. The van der Waals surface area contributed by atoms with E-state index in [9.17, 15) is 5.11 Å². The van der Waals surface area contributed by atoms with Crippen LogP contribution >= 0.6 is 0 Å². The van der Waals surface area contributed by atoms with Crippen molar-refractivity contribution < 1.29 is 19.3 Å². The van der Waals surface area contributed by atoms with Crippen LogP contribution in [0.5, 0.6) is 0 Å². The molecule has 3 rings (SSSR count). The molecular weight excluding hydrogens is 340 g/mol. The average Bonchev–Trinajstić information content (AvgIpc) is 3.01. The van der Waals surface area contributed by atoms with E-state index in [0.717, 1.165) is 30.8 Å². The van der Waals surface area contributed by atoms with Crippen LogP contribution in [0.4, 0.5) is 0 Å². The molecule has 1 saturated heterocycles. The smallest absolute Gasteiger partial charge is 0.192 e. The summed E-state index contributed by atoms with van der Waals surface area (Å²) in [6.45, 7) is 19.7. The molecule has 0 saturated carbocycles. The molecule has 154 valence electrons. The minimum absolute atomic E-state index is 0.0547. The van der Waals surface area contributed by atoms with Crippen molar-refractivity contribution in [3.63, 3.8) is 0 Å². The molecule has 1 fully saturated rings. The highest BCUT2D eigenvalue weighted by molar-refractivity contribution is 5.48. The Hall–Kier alpha value is -0.940. The quantitative estimate of drug-likeness (QED) is 0.822. The second-order valence-corrected chi connectivity index (χ2v) is 8.74. The highest BCUT2D eigenvalue weighted by atomic mass is 16.7. The fraction of sp³-hybridized carbons (Fsp3) is 0.739. The van der Waals surface area contributed by atoms with Crippen LogP contribution in [-0.2, 0) is 31.0 Å². The molecule has 1 heterocycles. The Bertz CT molecular complexity index is 640. The molecule has 1 aliphatic heterocycles. The Morgan fingerprint density at radius 1 is 1.00 bits per heavy atom. The maximum absolute atomic E-state index is 11.0. The van der Waals surface area contributed by atoms with Crippen molar-refractivity contribution in [3.05, 3.63) is 34.4 Å². The first-order valence-electron chi connectivity index (χ1n) is 10.2. The molecule has 4 heteroatoms. The number of ether oxygens (including phenoxy) is 3. The summed E-state index contributed by atoms with van der Waals surface area (Å²) in [5.41, 5.74) is 3.73. The molecule has 2 atom stereocenters. The summed E-state index contributed by atoms with van der Waals surface area (Å²) < 4.78 is 16.5. The van der Waals surface area contributed by atoms with Crippen LogP contribution in [0.3, 0.4) is 0 Å². The third kappa shape index (κ3) is 4.40. The summed E-state index contributed by atoms with van der Waals surface area (Å²) in [6.07, 6.45) is 0.772. The van der Waals surface area contributed by atoms with E-state index in [0.29, 0.717) is 19.1 Å². The van der Waals surface area contributed by atoms with E-state index in [1.807, 2.05) is 27.7 Å². The molecule has 0 bridgehead atoms. The Kier molecular flexibility index (Phi) is 6.79. The molecule has 1 aromatic carbocycles. The standard InChI is InChI=1S/C19H28O3.C4H10O/c1-12-9-15-16(10-14(12)19(6)21-7-8-22-19)18(5,20)11-13(2)17(15,3)4;1-3-5-4-2/h9-10,13,20H,7-8,11H2,1-6H3;3-4H2,1-2H3. The Labute approximate surface area is 165 Å². The van der Waals surface area contributed by atoms with Gasteiger partial charge in [0.1, 0.15) is 0 Å². The lowest BCUT2D eigenvalue weighted by Crippen LogP contribution is -2.42. The molecule has 1 N–H and O–H groups in total. The van der Waals surface area contributed by atoms with Crippen LogP contribution in [0.15, 0.2) is 12.1 Å². The zero-order chi connectivity index (χ0) is 20.5. The van der Waals surface area contributed by atoms with Crippen molar-refractivity contribution in [3.8, 4) is 0 Å². The second kappa shape index (κ2) is 8.20. The predicted molar refractivity (Wildman–Crippen MR) is 109 cm³/mol. The fourth-order valence-electron chi connectivity index (χ4n) is 4.28. The van der Waals surface area contributed by atoms with Crippen LogP contribution in [-0.4, -0.2) is 31.5 Å². The van der Waals surface area contributed by atoms with Crippen LogP contribution in [0.1, 0.15) is 77.1 Å². The fourth-order valence-corrected chi connectivity index (χ4v) is 4.28. The number of aliphatic hydroxyl groups is 1. The van der Waals surface area contributed by atoms with Crippen molar-refractivity contribution in [2.45, 2.75) is 78.6 Å². The third-order valence-electron chi connectivity index (χ3n) is 6.31. The molecular formula is C23H38O4. The summed E-state index contributed by atoms with van der Waals surface area (Å²) in [5, 5.41) is 11.0. The van der Waals surface area contributed by atoms with Gasteiger partial charge in [0.05, 0.1) is 18.8 Å². The molecule has 27 heavy (non-hydrogen) atoms. The van der Waals surface area contributed by atoms with Gasteiger partial charge < -0.3 is 19.3 Å². The topological polar surface area (TPSA) is 47.9 Å². The van der Waals surface area contributed by atoms with Crippen molar-refractivity contribution in [2.75, 3.05) is 26.4 Å². The number of rotatable bonds is 3. The first-order valence-corrected chi connectivity index (χ1v) is 10.2. The van der Waals surface area contributed by atoms with Gasteiger partial charge in [0.25, 0.3) is 0 Å². The minimum atomic E-state index is -0.804. The van der Waals surface area contributed by atoms with Gasteiger partial charge in [-0.1, -0.05) is 26.8 Å². The summed E-state index contributed by atoms with van der Waals surface area (Å²) >= 11 is 0. The van der Waals surface area contributed by atoms with E-state index >= 15 is 0 Å². The molecule has 1 aromatic rings. The SMILES string of the molecule is CCOCC.Cc1cc2c(cc1C1(C)OCCO1)C(C)(O)CC(C)C2(C)C. The highest BCUT2D eigenvalue weighted by Gasteiger charge is 2.45. The van der Waals surface area contributed by atoms with Gasteiger partial charge >= 0.3 is 0 Å². The van der Waals surface area contributed by atoms with Crippen LogP contribution < -0.4 is 0 Å². The second-order valence-electron chi connectivity index (χ2n) is 8.74. The minimum Gasteiger partial charge on any atom is -0.385 e. The van der Waals surface area contributed by atoms with Crippen LogP contribution in [0.2, 0.25) is 0 Å². The lowest BCUT2D eigenvalue weighted by molar-refractivity contribution is -0.150. The van der Waals surface area contributed by atoms with Gasteiger partial charge in [-0.15, -0.1) is 0 Å². The van der Waals surface area contributed by atoms with Crippen molar-refractivity contribution in [2.24, 2.45) is 5.92 Å². The van der Waals surface area contributed by atoms with E-state index < -0.39 is 11.4 Å². The molecule has 2 unspecified atom stereocenters. The van der Waals surface area contributed by atoms with Gasteiger partial charge in [-0.25, -0.2) is 0 Å². The van der Waals surface area contributed by atoms with Crippen LogP contribution in [0.25, 0.3) is 0 Å². The van der Waals surface area contributed by atoms with Gasteiger partial charge in [-0.3, -0.25) is 0 Å². The number of benzene rings is 1. The summed E-state index contributed by atoms with van der Waals surface area (Å²) in [6, 6.07) is 4.34. The number of fused-ring (bicyclic) bond motifs is 1. The van der Waals surface area contributed by atoms with E-state index in [1.54, 1.807) is 0 Å². The van der Waals surface area contributed by atoms with Gasteiger partial charge in [0.2, 0.25) is 0 Å². The lowest BCUT2D eigenvalue weighted by Gasteiger charge is -2.46. The molecule has 2 aliphatic rings. The first kappa shape index (κ1) is 22.4. The first-order chi connectivity index (χ1) is 12.5. The van der Waals surface area contributed by atoms with Gasteiger partial charge in [0, 0.05) is 18.8 Å². The molecule has 0 radical (unpaired) electrons. The number of hydrogen-bond acceptors (Lipinski definition) is 4. The Balaban J connectivity index is 0.000000465. The summed E-state index contributed by atoms with van der Waals surface area (Å²) in [5.74, 6) is -0.266. The predicted octanol–water partition coefficient (Wildman–Crippen LogP) is 4.78. The van der Waals surface area contributed by atoms with Crippen molar-refractivity contribution in [1.29, 1.82) is 0 Å². The average molecular weight is 379 g/mol. The van der Waals surface area contributed by atoms with Crippen molar-refractivity contribution >= 4 is 0 Å². The largest absolute Gasteiger partial charge is 0.385 e. The van der Waals surface area contributed by atoms with Gasteiger partial charge in [0.15, 0.2) is 5.79 Å². The Morgan fingerprint density at radius 3 is 2.04 bits per heavy atom. The summed E-state index contributed by atoms with van der Waals surface area (Å²) in [4.78, 5) is 0. The number of hydrogen-bond donors (Lipinski definition) is 1. The normalized spacial score (nSPS) is 28.3. The maximum Gasteiger partial charge on any atom is 0.192 e. The van der Waals surface area contributed by atoms with Gasteiger partial charge in [-0.05, 0) is 75.1 Å². The molecule has 0 amide bonds. The van der Waals surface area contributed by atoms with E-state index in [-0.39, 0.29) is 5.41 Å². The molecule has 0 spiro atoms. The van der Waals surface area contributed by atoms with Crippen molar-refractivity contribution in [1.82, 2.24) is 0 Å². The molecule has 0 aromatic heterocycles.